The number of hydrogen-bond acceptors (Lipinski definition) is 4. The van der Waals surface area contributed by atoms with Crippen LogP contribution < -0.4 is 0 Å². The zero-order valence-corrected chi connectivity index (χ0v) is 9.45. The summed E-state index contributed by atoms with van der Waals surface area (Å²) in [4.78, 5) is 0. The van der Waals surface area contributed by atoms with Crippen LogP contribution in [0, 0.1) is 0 Å². The molecule has 0 radical (unpaired) electrons. The molecule has 0 aliphatic heterocycles. The first-order valence-electron chi connectivity index (χ1n) is 5.51. The van der Waals surface area contributed by atoms with Gasteiger partial charge in [-0.25, -0.2) is 0 Å². The van der Waals surface area contributed by atoms with Crippen molar-refractivity contribution >= 4 is 0 Å². The molecule has 3 aromatic rings. The molecule has 3 rings (SSSR count). The Morgan fingerprint density at radius 2 is 1.50 bits per heavy atom. The fraction of sp³-hybridized carbons (Fsp3) is 0. The number of para-hydroxylation sites is 1. The molecule has 0 amide bonds. The van der Waals surface area contributed by atoms with Gasteiger partial charge in [0.1, 0.15) is 11.4 Å². The minimum Gasteiger partial charge on any atom is -0.507 e. The van der Waals surface area contributed by atoms with Crippen molar-refractivity contribution in [1.82, 2.24) is 10.4 Å². The standard InChI is InChI=1S/C14H10N2O2/c17-14-8-4-3-7-12(14)10-5-1-2-6-11(10)13-9-18-16-15-13/h1-9,17H. The van der Waals surface area contributed by atoms with Crippen LogP contribution in [0.25, 0.3) is 22.4 Å². The van der Waals surface area contributed by atoms with Crippen molar-refractivity contribution in [2.75, 3.05) is 0 Å². The molecule has 0 saturated heterocycles. The molecule has 0 aliphatic rings. The van der Waals surface area contributed by atoms with E-state index in [4.69, 9.17) is 4.52 Å². The van der Waals surface area contributed by atoms with Gasteiger partial charge in [-0.1, -0.05) is 42.5 Å². The minimum absolute atomic E-state index is 0.237. The molecule has 0 spiro atoms. The van der Waals surface area contributed by atoms with Gasteiger partial charge in [-0.3, -0.25) is 0 Å². The summed E-state index contributed by atoms with van der Waals surface area (Å²) in [5.74, 6) is 0.237. The van der Waals surface area contributed by atoms with Crippen LogP contribution in [0.1, 0.15) is 0 Å². The van der Waals surface area contributed by atoms with Crippen molar-refractivity contribution in [2.45, 2.75) is 0 Å². The quantitative estimate of drug-likeness (QED) is 0.745. The van der Waals surface area contributed by atoms with E-state index in [1.807, 2.05) is 36.4 Å². The fourth-order valence-corrected chi connectivity index (χ4v) is 1.92. The number of aromatic nitrogens is 2. The number of rotatable bonds is 2. The molecular formula is C14H10N2O2. The highest BCUT2D eigenvalue weighted by Crippen LogP contribution is 2.35. The fourth-order valence-electron chi connectivity index (χ4n) is 1.92. The first-order valence-corrected chi connectivity index (χ1v) is 5.51. The summed E-state index contributed by atoms with van der Waals surface area (Å²) in [5, 5.41) is 17.3. The van der Waals surface area contributed by atoms with Crippen LogP contribution in [0.5, 0.6) is 5.75 Å². The molecule has 2 aromatic carbocycles. The highest BCUT2D eigenvalue weighted by Gasteiger charge is 2.12. The van der Waals surface area contributed by atoms with Crippen molar-refractivity contribution in [1.29, 1.82) is 0 Å². The summed E-state index contributed by atoms with van der Waals surface area (Å²) in [6, 6.07) is 14.9. The van der Waals surface area contributed by atoms with E-state index >= 15 is 0 Å². The maximum Gasteiger partial charge on any atom is 0.152 e. The molecule has 4 nitrogen and oxygen atoms in total. The molecule has 4 heteroatoms. The van der Waals surface area contributed by atoms with Gasteiger partial charge in [0, 0.05) is 16.4 Å². The van der Waals surface area contributed by atoms with Gasteiger partial charge in [0.15, 0.2) is 6.26 Å². The Kier molecular flexibility index (Phi) is 2.53. The van der Waals surface area contributed by atoms with E-state index < -0.39 is 0 Å². The van der Waals surface area contributed by atoms with Crippen molar-refractivity contribution < 1.29 is 9.63 Å². The van der Waals surface area contributed by atoms with Crippen LogP contribution >= 0.6 is 0 Å². The van der Waals surface area contributed by atoms with Crippen LogP contribution in [0.15, 0.2) is 59.3 Å². The van der Waals surface area contributed by atoms with E-state index in [1.54, 1.807) is 12.1 Å². The molecule has 0 aliphatic carbocycles. The highest BCUT2D eigenvalue weighted by molar-refractivity contribution is 5.84. The van der Waals surface area contributed by atoms with Gasteiger partial charge in [-0.15, -0.1) is 5.10 Å². The SMILES string of the molecule is Oc1ccccc1-c1ccccc1-c1conn1. The maximum atomic E-state index is 9.93. The average molecular weight is 238 g/mol. The first-order chi connectivity index (χ1) is 8.86. The van der Waals surface area contributed by atoms with Gasteiger partial charge >= 0.3 is 0 Å². The van der Waals surface area contributed by atoms with Crippen LogP contribution in [0.4, 0.5) is 0 Å². The van der Waals surface area contributed by atoms with Gasteiger partial charge in [0.2, 0.25) is 0 Å². The van der Waals surface area contributed by atoms with Gasteiger partial charge in [0.25, 0.3) is 0 Å². The lowest BCUT2D eigenvalue weighted by atomic mass is 9.97. The molecule has 88 valence electrons. The Bertz CT molecular complexity index is 663. The Morgan fingerprint density at radius 1 is 0.833 bits per heavy atom. The van der Waals surface area contributed by atoms with Crippen molar-refractivity contribution in [3.8, 4) is 28.1 Å². The topological polar surface area (TPSA) is 59.2 Å². The lowest BCUT2D eigenvalue weighted by molar-refractivity contribution is 0.393. The zero-order chi connectivity index (χ0) is 12.4. The third-order valence-corrected chi connectivity index (χ3v) is 2.76. The molecule has 0 fully saturated rings. The Hall–Kier alpha value is -2.62. The van der Waals surface area contributed by atoms with E-state index in [1.165, 1.54) is 6.26 Å². The number of hydrogen-bond donors (Lipinski definition) is 1. The summed E-state index contributed by atoms with van der Waals surface area (Å²) >= 11 is 0. The average Bonchev–Trinajstić information content (AvgIpc) is 2.93. The number of benzene rings is 2. The molecule has 1 N–H and O–H groups in total. The normalized spacial score (nSPS) is 10.4. The van der Waals surface area contributed by atoms with Crippen molar-refractivity contribution in [2.24, 2.45) is 0 Å². The predicted octanol–water partition coefficient (Wildman–Crippen LogP) is 3.11. The molecule has 1 aromatic heterocycles. The molecule has 0 saturated carbocycles. The van der Waals surface area contributed by atoms with Crippen LogP contribution in [-0.4, -0.2) is 15.5 Å². The molecule has 1 heterocycles. The molecule has 0 bridgehead atoms. The number of aromatic hydroxyl groups is 1. The minimum atomic E-state index is 0.237. The van der Waals surface area contributed by atoms with E-state index in [9.17, 15) is 5.11 Å². The first kappa shape index (κ1) is 10.5. The second kappa shape index (κ2) is 4.33. The Balaban J connectivity index is 2.22. The van der Waals surface area contributed by atoms with Crippen molar-refractivity contribution in [3.63, 3.8) is 0 Å². The summed E-state index contributed by atoms with van der Waals surface area (Å²) in [7, 11) is 0. The third kappa shape index (κ3) is 1.73. The largest absolute Gasteiger partial charge is 0.507 e. The summed E-state index contributed by atoms with van der Waals surface area (Å²) in [6.45, 7) is 0. The lowest BCUT2D eigenvalue weighted by Gasteiger charge is -2.08. The van der Waals surface area contributed by atoms with E-state index in [0.717, 1.165) is 16.7 Å². The van der Waals surface area contributed by atoms with Gasteiger partial charge in [-0.2, -0.15) is 0 Å². The molecule has 18 heavy (non-hydrogen) atoms. The Morgan fingerprint density at radius 3 is 2.17 bits per heavy atom. The number of phenols is 1. The smallest absolute Gasteiger partial charge is 0.152 e. The van der Waals surface area contributed by atoms with E-state index in [-0.39, 0.29) is 5.75 Å². The summed E-state index contributed by atoms with van der Waals surface area (Å²) in [5.41, 5.74) is 3.18. The molecule has 0 atom stereocenters. The van der Waals surface area contributed by atoms with Crippen LogP contribution in [0.3, 0.4) is 0 Å². The lowest BCUT2D eigenvalue weighted by Crippen LogP contribution is -1.85. The summed E-state index contributed by atoms with van der Waals surface area (Å²) in [6.07, 6.45) is 1.48. The van der Waals surface area contributed by atoms with E-state index in [0.29, 0.717) is 5.69 Å². The summed E-state index contributed by atoms with van der Waals surface area (Å²) < 4.78 is 4.77. The second-order valence-electron chi connectivity index (χ2n) is 3.85. The van der Waals surface area contributed by atoms with Gasteiger partial charge < -0.3 is 9.63 Å². The molecular weight excluding hydrogens is 228 g/mol. The van der Waals surface area contributed by atoms with E-state index in [2.05, 4.69) is 10.4 Å². The van der Waals surface area contributed by atoms with Crippen LogP contribution in [0.2, 0.25) is 0 Å². The highest BCUT2D eigenvalue weighted by atomic mass is 16.5. The second-order valence-corrected chi connectivity index (χ2v) is 3.85. The predicted molar refractivity (Wildman–Crippen MR) is 66.8 cm³/mol. The maximum absolute atomic E-state index is 9.93. The molecule has 0 unspecified atom stereocenters. The van der Waals surface area contributed by atoms with Gasteiger partial charge in [0.05, 0.1) is 0 Å². The Labute approximate surface area is 103 Å². The van der Waals surface area contributed by atoms with Crippen LogP contribution in [-0.2, 0) is 0 Å². The third-order valence-electron chi connectivity index (χ3n) is 2.76. The number of phenolic OH excluding ortho intramolecular Hbond substituents is 1. The number of nitrogens with zero attached hydrogens (tertiary/aromatic N) is 2. The van der Waals surface area contributed by atoms with Crippen molar-refractivity contribution in [3.05, 3.63) is 54.8 Å². The zero-order valence-electron chi connectivity index (χ0n) is 9.45. The van der Waals surface area contributed by atoms with Gasteiger partial charge in [-0.05, 0) is 11.6 Å². The monoisotopic (exact) mass is 238 g/mol.